The van der Waals surface area contributed by atoms with E-state index in [4.69, 9.17) is 89.0 Å². The second-order valence-corrected chi connectivity index (χ2v) is 25.3. The predicted molar refractivity (Wildman–Crippen MR) is 485 cm³/mol. The molecule has 685 valence electrons. The number of nitrogens with one attached hydrogen (secondary N) is 2. The molecule has 8 aromatic rings. The molecule has 2 N–H and O–H groups in total. The quantitative estimate of drug-likeness (QED) is 0.00743. The molecule has 35 heteroatoms. The summed E-state index contributed by atoms with van der Waals surface area (Å²) in [6.45, 7) is 14.1. The number of nitrogens with zero attached hydrogens (tertiary/aromatic N) is 3. The summed E-state index contributed by atoms with van der Waals surface area (Å²) in [6.07, 6.45) is 2.07. The number of nitro groups is 2. The van der Waals surface area contributed by atoms with Crippen molar-refractivity contribution in [2.24, 2.45) is 11.8 Å². The van der Waals surface area contributed by atoms with E-state index in [1.165, 1.54) is 25.3 Å². The molecule has 14 rings (SSSR count). The third kappa shape index (κ3) is 32.9. The van der Waals surface area contributed by atoms with Gasteiger partial charge in [0.1, 0.15) is 35.3 Å². The largest absolute Gasteiger partial charge is 1.00 e. The monoisotopic (exact) mass is 2010 g/mol. The molecule has 6 heterocycles. The Bertz CT molecular complexity index is 4870. The maximum absolute atomic E-state index is 13.3. The molecule has 6 unspecified atom stereocenters. The fraction of sp³-hybridized carbons (Fsp3) is 0.366. The van der Waals surface area contributed by atoms with Gasteiger partial charge in [0, 0.05) is 102 Å². The molecule has 0 bridgehead atoms. The van der Waals surface area contributed by atoms with Crippen LogP contribution in [-0.2, 0) is 38.1 Å². The average Bonchev–Trinajstić information content (AvgIpc) is 1.60. The zero-order chi connectivity index (χ0) is 85.2. The topological polar surface area (TPSA) is 384 Å². The van der Waals surface area contributed by atoms with Crippen LogP contribution in [0.3, 0.4) is 0 Å². The minimum absolute atomic E-state index is 0. The summed E-state index contributed by atoms with van der Waals surface area (Å²) in [5, 5.41) is 34.6. The number of rotatable bonds is 26. The number of esters is 4. The summed E-state index contributed by atoms with van der Waals surface area (Å²) < 4.78 is 88.9. The van der Waals surface area contributed by atoms with Crippen molar-refractivity contribution in [2.75, 3.05) is 102 Å². The zero-order valence-corrected chi connectivity index (χ0v) is 73.5. The van der Waals surface area contributed by atoms with Crippen LogP contribution in [0.2, 0.25) is 0 Å². The fourth-order valence-electron chi connectivity index (χ4n) is 13.1. The van der Waals surface area contributed by atoms with Gasteiger partial charge in [-0.2, -0.15) is 0 Å². The first-order valence-electron chi connectivity index (χ1n) is 37.1. The van der Waals surface area contributed by atoms with E-state index in [1.54, 1.807) is 108 Å². The van der Waals surface area contributed by atoms with Gasteiger partial charge in [0.05, 0.1) is 82.9 Å². The van der Waals surface area contributed by atoms with Crippen molar-refractivity contribution in [1.82, 2.24) is 10.6 Å². The molecular weight excluding hydrogens is 1890 g/mol. The Hall–Kier alpha value is -11.7. The summed E-state index contributed by atoms with van der Waals surface area (Å²) in [5.74, 6) is 2.31. The summed E-state index contributed by atoms with van der Waals surface area (Å²) >= 11 is 0. The Kier molecular flexibility index (Phi) is 58.0. The molecule has 0 saturated carbocycles. The van der Waals surface area contributed by atoms with E-state index in [1.807, 2.05) is 98.8 Å². The fourth-order valence-corrected chi connectivity index (χ4v) is 13.1. The SMILES string of the molecule is C.C.C.C.C.C.C.C.CCOC(=O)C(C(=O)c1ccc(OC)cc1)C(C[N+](=O)[O-])c1ccc2c(c1)OCO2.CCOC(=O)C1=C(c2ccc(OC)cc2)NCC1c1ccc2c(c1)OCO2.CCOC(=O)C1C(c2ccc3c(c2)OCO3)CNC1c1ccc(OC)cc1.CCOC(=O)CC(=O)c1ccc(OC)cc1.O=[N+]([O-])/C=C/c1ccc2c(c1)OCO2.[2H][B].[B].[C-]#N.[HH].[Na+].[U]. The van der Waals surface area contributed by atoms with Gasteiger partial charge in [-0.05, 0) is 196 Å². The summed E-state index contributed by atoms with van der Waals surface area (Å²) in [6, 6.07) is 49.7. The van der Waals surface area contributed by atoms with Crippen molar-refractivity contribution in [2.45, 2.75) is 117 Å². The number of hydrogen-bond donors (Lipinski definition) is 2. The third-order valence-electron chi connectivity index (χ3n) is 18.6. The standard InChI is InChI=1S/C21H21NO8.C21H23NO5.C21H21NO5.C12H14O4.C9H7NO4.CN.8CH4.BH.B.Na.U.H2/c1-3-28-21(24)19(20(23)13-4-7-15(27-2)8-5-13)16(11-22(25)26)14-6-9-17-18(10-14)30-12-29-17;2*1-3-25-21(23)19-16(14-6-9-17-18(10-14)27-12-26-17)11-22-20(19)13-4-7-15(24-2)8-5-13;1-3-16-12(14)8-11(13)9-4-6-10(15-2)7-5-9;11-10(12)4-3-7-1-2-8-9(5-7)14-6-13-8;1-2;;;;;;;;;;;;;/h4-10,16,19H,3,11-12H2,1-2H3;4-10,16,19-20,22H,3,11-12H2,1-2H3;4-10,16,22H,3,11-12H2,1-2H3;4-7H,3,8H2,1-2H3;1-5H,6H2;;8*1H4;1H;;;;1H/q;;;;;-1;;;;;;;;;;;+1;;/b;;;;4-3+;;;;;;;;;;;;;;/i;;;;;;;;;;;;;;1D;;;;. The summed E-state index contributed by atoms with van der Waals surface area (Å²) in [4.78, 5) is 94.7. The minimum atomic E-state index is -1.40. The van der Waals surface area contributed by atoms with Crippen LogP contribution in [0.25, 0.3) is 11.8 Å². The number of Topliss-reactive ketones (excluding diaryl/α,β-unsaturated/α-hetero) is 2. The predicted octanol–water partition coefficient (Wildman–Crippen LogP) is 13.9. The molecule has 6 aliphatic heterocycles. The van der Waals surface area contributed by atoms with Crippen molar-refractivity contribution in [3.8, 4) is 69.0 Å². The van der Waals surface area contributed by atoms with Gasteiger partial charge in [0.25, 0.3) is 0 Å². The number of carbonyl (C=O) groups is 6. The molecule has 0 aliphatic carbocycles. The maximum Gasteiger partial charge on any atom is 1.00 e. The molecule has 6 aliphatic rings. The normalized spacial score (nSPS) is 14.6. The second kappa shape index (κ2) is 61.7. The van der Waals surface area contributed by atoms with Gasteiger partial charge < -0.3 is 98.3 Å². The Morgan fingerprint density at radius 2 is 0.945 bits per heavy atom. The van der Waals surface area contributed by atoms with Crippen molar-refractivity contribution >= 4 is 64.0 Å². The van der Waals surface area contributed by atoms with E-state index in [-0.39, 0.29) is 224 Å². The number of ketones is 2. The van der Waals surface area contributed by atoms with Crippen LogP contribution in [0.4, 0.5) is 0 Å². The van der Waals surface area contributed by atoms with E-state index in [0.29, 0.717) is 88.8 Å². The molecule has 1 saturated heterocycles. The number of fused-ring (bicyclic) bond motifs is 4. The van der Waals surface area contributed by atoms with Crippen molar-refractivity contribution in [3.05, 3.63) is 253 Å². The van der Waals surface area contributed by atoms with Gasteiger partial charge in [-0.1, -0.05) is 95.8 Å². The first-order valence-corrected chi connectivity index (χ1v) is 36.5. The van der Waals surface area contributed by atoms with Crippen LogP contribution in [0, 0.1) is 75.0 Å². The molecule has 6 atom stereocenters. The van der Waals surface area contributed by atoms with E-state index in [0.717, 1.165) is 62.9 Å². The van der Waals surface area contributed by atoms with Gasteiger partial charge >= 0.3 is 53.4 Å². The molecule has 0 spiro atoms. The van der Waals surface area contributed by atoms with Gasteiger partial charge in [-0.3, -0.25) is 44.2 Å². The maximum atomic E-state index is 13.3. The van der Waals surface area contributed by atoms with Gasteiger partial charge in [0.2, 0.25) is 39.9 Å². The Morgan fingerprint density at radius 1 is 0.531 bits per heavy atom. The zero-order valence-electron chi connectivity index (χ0n) is 68.4. The number of carbonyl (C=O) groups excluding carboxylic acids is 6. The van der Waals surface area contributed by atoms with Crippen LogP contribution < -0.4 is 97.0 Å². The molecule has 5 radical (unpaired) electrons. The summed E-state index contributed by atoms with van der Waals surface area (Å²) in [5.41, 5.74) is 7.23. The van der Waals surface area contributed by atoms with Crippen LogP contribution >= 0.6 is 0 Å². The Labute approximate surface area is 804 Å². The van der Waals surface area contributed by atoms with Gasteiger partial charge in [0.15, 0.2) is 57.6 Å². The first kappa shape index (κ1) is 120. The van der Waals surface area contributed by atoms with Gasteiger partial charge in [-0.25, -0.2) is 4.79 Å². The Morgan fingerprint density at radius 3 is 1.41 bits per heavy atom. The van der Waals surface area contributed by atoms with Crippen LogP contribution in [0.1, 0.15) is 173 Å². The third-order valence-corrected chi connectivity index (χ3v) is 18.6. The molecule has 0 amide bonds. The summed E-state index contributed by atoms with van der Waals surface area (Å²) in [7, 11) is 10.1. The number of ether oxygens (including phenoxy) is 16. The van der Waals surface area contributed by atoms with Crippen molar-refractivity contribution in [3.63, 3.8) is 0 Å². The van der Waals surface area contributed by atoms with E-state index >= 15 is 0 Å². The molecule has 128 heavy (non-hydrogen) atoms. The van der Waals surface area contributed by atoms with E-state index in [2.05, 4.69) is 19.0 Å². The van der Waals surface area contributed by atoms with E-state index in [9.17, 15) is 49.0 Å². The molecule has 31 nitrogen and oxygen atoms in total. The van der Waals surface area contributed by atoms with Crippen LogP contribution in [0.5, 0.6) is 69.0 Å². The van der Waals surface area contributed by atoms with Crippen LogP contribution in [0.15, 0.2) is 182 Å². The smallest absolute Gasteiger partial charge is 0.512 e. The first-order chi connectivity index (χ1) is 57.3. The second-order valence-electron chi connectivity index (χ2n) is 25.3. The van der Waals surface area contributed by atoms with Crippen molar-refractivity contribution in [1.29, 1.82) is 6.60 Å². The molecule has 8 aromatic carbocycles. The number of methoxy groups -OCH3 is 4. The van der Waals surface area contributed by atoms with Gasteiger partial charge in [-0.15, -0.1) is 0 Å². The number of benzene rings is 8. The molecule has 0 aromatic heterocycles. The van der Waals surface area contributed by atoms with Crippen LogP contribution in [-0.4, -0.2) is 165 Å². The minimum Gasteiger partial charge on any atom is -0.512 e. The molecular formula is C93H121B2N5NaO26U. The number of hydrogen-bond acceptors (Lipinski definition) is 29. The molecule has 1 fully saturated rings. The Balaban J connectivity index is -0.000000495. The van der Waals surface area contributed by atoms with Crippen molar-refractivity contribution < 1.29 is 177 Å². The van der Waals surface area contributed by atoms with E-state index < -0.39 is 45.9 Å². The average molecular weight is 2010 g/mol.